The van der Waals surface area contributed by atoms with Gasteiger partial charge in [-0.3, -0.25) is 0 Å². The largest absolute Gasteiger partial charge is 0.326 e. The zero-order valence-corrected chi connectivity index (χ0v) is 12.9. The average Bonchev–Trinajstić information content (AvgIpc) is 2.37. The Morgan fingerprint density at radius 3 is 2.53 bits per heavy atom. The number of sulfonamides is 1. The Balaban J connectivity index is 2.30. The van der Waals surface area contributed by atoms with Crippen molar-refractivity contribution >= 4 is 21.8 Å². The number of hydrogen-bond acceptors (Lipinski definition) is 4. The fourth-order valence-electron chi connectivity index (χ4n) is 2.31. The third-order valence-electron chi connectivity index (χ3n) is 3.16. The number of nitrogens with two attached hydrogens (primary N) is 1. The maximum atomic E-state index is 12.6. The Bertz CT molecular complexity index is 535. The lowest BCUT2D eigenvalue weighted by atomic mass is 10.2. The normalized spacial score (nSPS) is 25.4. The SMILES string of the molecule is CC1CN(S(=O)(=O)c2cccc(CN)c2)CC(C)S1. The van der Waals surface area contributed by atoms with E-state index < -0.39 is 10.0 Å². The van der Waals surface area contributed by atoms with Crippen LogP contribution in [0.1, 0.15) is 19.4 Å². The van der Waals surface area contributed by atoms with Crippen molar-refractivity contribution in [1.29, 1.82) is 0 Å². The molecule has 0 saturated carbocycles. The van der Waals surface area contributed by atoms with Crippen molar-refractivity contribution in [2.24, 2.45) is 5.73 Å². The molecule has 4 nitrogen and oxygen atoms in total. The molecular formula is C13H20N2O2S2. The second-order valence-corrected chi connectivity index (χ2v) is 8.75. The van der Waals surface area contributed by atoms with E-state index in [4.69, 9.17) is 5.73 Å². The van der Waals surface area contributed by atoms with Crippen LogP contribution in [0.15, 0.2) is 29.2 Å². The van der Waals surface area contributed by atoms with Gasteiger partial charge in [-0.25, -0.2) is 8.42 Å². The molecule has 1 aliphatic rings. The van der Waals surface area contributed by atoms with Crippen LogP contribution in [0.2, 0.25) is 0 Å². The van der Waals surface area contributed by atoms with E-state index in [0.717, 1.165) is 5.56 Å². The summed E-state index contributed by atoms with van der Waals surface area (Å²) in [5, 5.41) is 0.660. The summed E-state index contributed by atoms with van der Waals surface area (Å²) < 4.78 is 26.8. The van der Waals surface area contributed by atoms with Crippen molar-refractivity contribution in [2.75, 3.05) is 13.1 Å². The van der Waals surface area contributed by atoms with Gasteiger partial charge in [-0.2, -0.15) is 16.1 Å². The lowest BCUT2D eigenvalue weighted by molar-refractivity contribution is 0.405. The molecule has 0 aromatic heterocycles. The summed E-state index contributed by atoms with van der Waals surface area (Å²) in [5.74, 6) is 0. The monoisotopic (exact) mass is 300 g/mol. The first-order valence-corrected chi connectivity index (χ1v) is 8.76. The predicted octanol–water partition coefficient (Wildman–Crippen LogP) is 1.66. The molecule has 1 aromatic carbocycles. The Labute approximate surface area is 119 Å². The Hall–Kier alpha value is -0.560. The summed E-state index contributed by atoms with van der Waals surface area (Å²) >= 11 is 1.84. The maximum Gasteiger partial charge on any atom is 0.243 e. The van der Waals surface area contributed by atoms with Crippen molar-refractivity contribution in [3.8, 4) is 0 Å². The Kier molecular flexibility index (Phi) is 4.55. The molecule has 1 heterocycles. The quantitative estimate of drug-likeness (QED) is 0.922. The molecule has 1 fully saturated rings. The number of benzene rings is 1. The summed E-state index contributed by atoms with van der Waals surface area (Å²) in [6.45, 7) is 5.64. The highest BCUT2D eigenvalue weighted by Crippen LogP contribution is 2.28. The molecule has 1 aliphatic heterocycles. The van der Waals surface area contributed by atoms with E-state index in [2.05, 4.69) is 13.8 Å². The minimum atomic E-state index is -3.40. The summed E-state index contributed by atoms with van der Waals surface area (Å²) in [7, 11) is -3.40. The second kappa shape index (κ2) is 5.83. The van der Waals surface area contributed by atoms with Gasteiger partial charge in [0.1, 0.15) is 0 Å². The predicted molar refractivity (Wildman–Crippen MR) is 79.6 cm³/mol. The summed E-state index contributed by atoms with van der Waals surface area (Å²) in [6.07, 6.45) is 0. The van der Waals surface area contributed by atoms with Crippen LogP contribution in [-0.4, -0.2) is 36.3 Å². The third kappa shape index (κ3) is 3.31. The lowest BCUT2D eigenvalue weighted by Crippen LogP contribution is -2.43. The van der Waals surface area contributed by atoms with E-state index in [9.17, 15) is 8.42 Å². The van der Waals surface area contributed by atoms with Crippen LogP contribution in [0.5, 0.6) is 0 Å². The van der Waals surface area contributed by atoms with Gasteiger partial charge in [0.2, 0.25) is 10.0 Å². The second-order valence-electron chi connectivity index (χ2n) is 4.93. The van der Waals surface area contributed by atoms with Crippen LogP contribution < -0.4 is 5.73 Å². The third-order valence-corrected chi connectivity index (χ3v) is 6.21. The average molecular weight is 300 g/mol. The van der Waals surface area contributed by atoms with Gasteiger partial charge in [-0.05, 0) is 17.7 Å². The first kappa shape index (κ1) is 14.8. The molecule has 0 spiro atoms. The number of nitrogens with zero attached hydrogens (tertiary/aromatic N) is 1. The van der Waals surface area contributed by atoms with Crippen LogP contribution in [0.4, 0.5) is 0 Å². The molecule has 19 heavy (non-hydrogen) atoms. The first-order chi connectivity index (χ1) is 8.93. The molecule has 0 radical (unpaired) electrons. The summed E-state index contributed by atoms with van der Waals surface area (Å²) in [4.78, 5) is 0.349. The molecule has 106 valence electrons. The highest BCUT2D eigenvalue weighted by atomic mass is 32.2. The van der Waals surface area contributed by atoms with Crippen molar-refractivity contribution < 1.29 is 8.42 Å². The molecule has 0 amide bonds. The smallest absolute Gasteiger partial charge is 0.243 e. The van der Waals surface area contributed by atoms with Gasteiger partial charge in [-0.1, -0.05) is 26.0 Å². The van der Waals surface area contributed by atoms with E-state index in [0.29, 0.717) is 35.0 Å². The molecule has 2 unspecified atom stereocenters. The summed E-state index contributed by atoms with van der Waals surface area (Å²) in [6, 6.07) is 6.91. The van der Waals surface area contributed by atoms with E-state index in [1.165, 1.54) is 0 Å². The lowest BCUT2D eigenvalue weighted by Gasteiger charge is -2.33. The Morgan fingerprint density at radius 1 is 1.32 bits per heavy atom. The van der Waals surface area contributed by atoms with Gasteiger partial charge in [0, 0.05) is 30.1 Å². The fourth-order valence-corrected chi connectivity index (χ4v) is 5.51. The Morgan fingerprint density at radius 2 is 1.95 bits per heavy atom. The topological polar surface area (TPSA) is 63.4 Å². The zero-order valence-electron chi connectivity index (χ0n) is 11.2. The molecule has 2 N–H and O–H groups in total. The molecule has 6 heteroatoms. The van der Waals surface area contributed by atoms with Crippen LogP contribution in [0.25, 0.3) is 0 Å². The van der Waals surface area contributed by atoms with Crippen LogP contribution >= 0.6 is 11.8 Å². The fraction of sp³-hybridized carbons (Fsp3) is 0.538. The molecular weight excluding hydrogens is 280 g/mol. The van der Waals surface area contributed by atoms with Gasteiger partial charge >= 0.3 is 0 Å². The highest BCUT2D eigenvalue weighted by Gasteiger charge is 2.31. The van der Waals surface area contributed by atoms with Crippen molar-refractivity contribution in [3.05, 3.63) is 29.8 Å². The standard InChI is InChI=1S/C13H20N2O2S2/c1-10-8-15(9-11(2)18-10)19(16,17)13-5-3-4-12(6-13)7-14/h3-6,10-11H,7-9,14H2,1-2H3. The minimum Gasteiger partial charge on any atom is -0.326 e. The molecule has 0 bridgehead atoms. The van der Waals surface area contributed by atoms with Crippen molar-refractivity contribution in [1.82, 2.24) is 4.31 Å². The maximum absolute atomic E-state index is 12.6. The minimum absolute atomic E-state index is 0.330. The number of hydrogen-bond donors (Lipinski definition) is 1. The van der Waals surface area contributed by atoms with Gasteiger partial charge in [0.05, 0.1) is 4.90 Å². The molecule has 1 aromatic rings. The zero-order chi connectivity index (χ0) is 14.0. The molecule has 1 saturated heterocycles. The van der Waals surface area contributed by atoms with Gasteiger partial charge in [-0.15, -0.1) is 0 Å². The van der Waals surface area contributed by atoms with Crippen molar-refractivity contribution in [3.63, 3.8) is 0 Å². The molecule has 2 atom stereocenters. The van der Waals surface area contributed by atoms with Crippen LogP contribution in [0, 0.1) is 0 Å². The van der Waals surface area contributed by atoms with E-state index in [1.807, 2.05) is 17.8 Å². The number of thioether (sulfide) groups is 1. The van der Waals surface area contributed by atoms with Gasteiger partial charge in [0.15, 0.2) is 0 Å². The van der Waals surface area contributed by atoms with E-state index >= 15 is 0 Å². The van der Waals surface area contributed by atoms with E-state index in [-0.39, 0.29) is 0 Å². The van der Waals surface area contributed by atoms with Crippen LogP contribution in [0.3, 0.4) is 0 Å². The molecule has 2 rings (SSSR count). The van der Waals surface area contributed by atoms with E-state index in [1.54, 1.807) is 22.5 Å². The first-order valence-electron chi connectivity index (χ1n) is 6.38. The summed E-state index contributed by atoms with van der Waals surface area (Å²) in [5.41, 5.74) is 6.41. The van der Waals surface area contributed by atoms with Crippen molar-refractivity contribution in [2.45, 2.75) is 35.8 Å². The number of rotatable bonds is 3. The van der Waals surface area contributed by atoms with Crippen LogP contribution in [-0.2, 0) is 16.6 Å². The molecule has 0 aliphatic carbocycles. The van der Waals surface area contributed by atoms with Gasteiger partial charge in [0.25, 0.3) is 0 Å². The van der Waals surface area contributed by atoms with Gasteiger partial charge < -0.3 is 5.73 Å². The highest BCUT2D eigenvalue weighted by molar-refractivity contribution is 8.00.